The predicted molar refractivity (Wildman–Crippen MR) is 69.9 cm³/mol. The number of nitrogens with zero attached hydrogens (tertiary/aromatic N) is 2. The van der Waals surface area contributed by atoms with Gasteiger partial charge in [-0.3, -0.25) is 5.32 Å². The van der Waals surface area contributed by atoms with Crippen LogP contribution in [0.5, 0.6) is 0 Å². The molecule has 2 N–H and O–H groups in total. The average molecular weight is 273 g/mol. The fourth-order valence-corrected chi connectivity index (χ4v) is 1.83. The molecule has 1 aromatic rings. The maximum absolute atomic E-state index is 11.5. The number of aromatic nitrogens is 2. The molecule has 0 fully saturated rings. The van der Waals surface area contributed by atoms with Crippen molar-refractivity contribution < 1.29 is 14.6 Å². The first kappa shape index (κ1) is 14.8. The monoisotopic (exact) mass is 273 g/mol. The van der Waals surface area contributed by atoms with Crippen molar-refractivity contribution in [1.29, 1.82) is 0 Å². The van der Waals surface area contributed by atoms with E-state index in [1.807, 2.05) is 13.8 Å². The highest BCUT2D eigenvalue weighted by atomic mass is 32.1. The summed E-state index contributed by atoms with van der Waals surface area (Å²) in [6.45, 7) is 9.02. The molecule has 0 bridgehead atoms. The van der Waals surface area contributed by atoms with Crippen molar-refractivity contribution >= 4 is 22.6 Å². The minimum Gasteiger partial charge on any atom is -0.444 e. The molecular weight excluding hydrogens is 254 g/mol. The van der Waals surface area contributed by atoms with Gasteiger partial charge in [-0.2, -0.15) is 0 Å². The largest absolute Gasteiger partial charge is 0.444 e. The Morgan fingerprint density at radius 3 is 2.44 bits per heavy atom. The van der Waals surface area contributed by atoms with E-state index >= 15 is 0 Å². The Morgan fingerprint density at radius 1 is 1.33 bits per heavy atom. The van der Waals surface area contributed by atoms with Gasteiger partial charge in [-0.25, -0.2) is 4.79 Å². The van der Waals surface area contributed by atoms with Crippen molar-refractivity contribution in [2.75, 3.05) is 11.9 Å². The number of aliphatic hydroxyl groups is 1. The van der Waals surface area contributed by atoms with E-state index in [2.05, 4.69) is 15.5 Å². The van der Waals surface area contributed by atoms with Gasteiger partial charge in [0.15, 0.2) is 0 Å². The summed E-state index contributed by atoms with van der Waals surface area (Å²) in [6, 6.07) is 0. The van der Waals surface area contributed by atoms with Crippen LogP contribution < -0.4 is 5.32 Å². The third kappa shape index (κ3) is 4.23. The van der Waals surface area contributed by atoms with Crippen LogP contribution in [0.3, 0.4) is 0 Å². The van der Waals surface area contributed by atoms with Gasteiger partial charge in [-0.05, 0) is 20.8 Å². The molecule has 0 unspecified atom stereocenters. The third-order valence-electron chi connectivity index (χ3n) is 2.01. The van der Waals surface area contributed by atoms with E-state index in [1.54, 1.807) is 20.8 Å². The van der Waals surface area contributed by atoms with E-state index in [1.165, 1.54) is 11.3 Å². The van der Waals surface area contributed by atoms with Gasteiger partial charge in [0.2, 0.25) is 5.13 Å². The summed E-state index contributed by atoms with van der Waals surface area (Å²) >= 11 is 1.22. The molecule has 1 aromatic heterocycles. The van der Waals surface area contributed by atoms with Gasteiger partial charge in [0, 0.05) is 5.41 Å². The maximum Gasteiger partial charge on any atom is 0.414 e. The van der Waals surface area contributed by atoms with Crippen LogP contribution in [0.4, 0.5) is 9.93 Å². The molecule has 0 aliphatic heterocycles. The van der Waals surface area contributed by atoms with Gasteiger partial charge >= 0.3 is 6.09 Å². The summed E-state index contributed by atoms with van der Waals surface area (Å²) in [7, 11) is 0. The molecule has 0 atom stereocenters. The zero-order chi connectivity index (χ0) is 14.0. The first-order valence-corrected chi connectivity index (χ1v) is 6.40. The number of hydrogen-bond donors (Lipinski definition) is 2. The number of aliphatic hydroxyl groups excluding tert-OH is 1. The third-order valence-corrected chi connectivity index (χ3v) is 3.21. The summed E-state index contributed by atoms with van der Waals surface area (Å²) in [5, 5.41) is 20.6. The fraction of sp³-hybridized carbons (Fsp3) is 0.727. The van der Waals surface area contributed by atoms with Crippen LogP contribution >= 0.6 is 11.3 Å². The minimum atomic E-state index is -0.563. The molecule has 0 aliphatic rings. The lowest BCUT2D eigenvalue weighted by Gasteiger charge is -2.19. The van der Waals surface area contributed by atoms with Gasteiger partial charge < -0.3 is 9.84 Å². The van der Waals surface area contributed by atoms with Gasteiger partial charge in [0.25, 0.3) is 0 Å². The lowest BCUT2D eigenvalue weighted by atomic mass is 9.96. The highest BCUT2D eigenvalue weighted by Crippen LogP contribution is 2.28. The number of hydrogen-bond acceptors (Lipinski definition) is 6. The quantitative estimate of drug-likeness (QED) is 0.881. The van der Waals surface area contributed by atoms with E-state index in [4.69, 9.17) is 4.74 Å². The first-order valence-electron chi connectivity index (χ1n) is 5.59. The number of ether oxygens (including phenoxy) is 1. The van der Waals surface area contributed by atoms with E-state index in [0.29, 0.717) is 10.1 Å². The molecule has 7 heteroatoms. The molecule has 0 aromatic carbocycles. The molecule has 102 valence electrons. The Balaban J connectivity index is 2.68. The molecule has 0 aliphatic carbocycles. The van der Waals surface area contributed by atoms with Gasteiger partial charge in [0.1, 0.15) is 10.6 Å². The first-order chi connectivity index (χ1) is 8.14. The van der Waals surface area contributed by atoms with Crippen LogP contribution in [0.1, 0.15) is 39.6 Å². The van der Waals surface area contributed by atoms with Crippen molar-refractivity contribution in [3.05, 3.63) is 5.01 Å². The summed E-state index contributed by atoms with van der Waals surface area (Å²) in [4.78, 5) is 11.5. The number of rotatable bonds is 3. The van der Waals surface area contributed by atoms with Crippen LogP contribution in [0.25, 0.3) is 0 Å². The number of amides is 1. The zero-order valence-electron chi connectivity index (χ0n) is 11.3. The van der Waals surface area contributed by atoms with Gasteiger partial charge in [-0.1, -0.05) is 25.2 Å². The van der Waals surface area contributed by atoms with Crippen molar-refractivity contribution in [3.63, 3.8) is 0 Å². The SMILES string of the molecule is CC(C)(C)OC(=O)Nc1nnc(C(C)(C)CO)s1. The lowest BCUT2D eigenvalue weighted by Crippen LogP contribution is -2.27. The standard InChI is InChI=1S/C11H19N3O3S/c1-10(2,3)17-9(16)12-8-14-13-7(18-8)11(4,5)6-15/h15H,6H2,1-5H3,(H,12,14,16). The molecule has 18 heavy (non-hydrogen) atoms. The molecular formula is C11H19N3O3S. The van der Waals surface area contributed by atoms with Crippen molar-refractivity contribution in [2.45, 2.75) is 45.6 Å². The average Bonchev–Trinajstić information content (AvgIpc) is 2.63. The Hall–Kier alpha value is -1.21. The van der Waals surface area contributed by atoms with Crippen molar-refractivity contribution in [2.24, 2.45) is 0 Å². The lowest BCUT2D eigenvalue weighted by molar-refractivity contribution is 0.0636. The van der Waals surface area contributed by atoms with Crippen molar-refractivity contribution in [1.82, 2.24) is 10.2 Å². The Morgan fingerprint density at radius 2 is 1.94 bits per heavy atom. The molecule has 0 radical (unpaired) electrons. The highest BCUT2D eigenvalue weighted by Gasteiger charge is 2.25. The van der Waals surface area contributed by atoms with Crippen molar-refractivity contribution in [3.8, 4) is 0 Å². The second-order valence-corrected chi connectivity index (χ2v) is 6.56. The van der Waals surface area contributed by atoms with E-state index in [0.717, 1.165) is 0 Å². The van der Waals surface area contributed by atoms with Crippen LogP contribution in [0.2, 0.25) is 0 Å². The second kappa shape index (κ2) is 5.19. The number of carbonyl (C=O) groups excluding carboxylic acids is 1. The summed E-state index contributed by atoms with van der Waals surface area (Å²) in [5.41, 5.74) is -1.02. The summed E-state index contributed by atoms with van der Waals surface area (Å²) < 4.78 is 5.10. The van der Waals surface area contributed by atoms with E-state index < -0.39 is 17.1 Å². The molecule has 0 spiro atoms. The summed E-state index contributed by atoms with van der Waals surface area (Å²) in [6.07, 6.45) is -0.563. The predicted octanol–water partition coefficient (Wildman–Crippen LogP) is 2.16. The van der Waals surface area contributed by atoms with Crippen LogP contribution in [-0.4, -0.2) is 33.6 Å². The summed E-state index contributed by atoms with van der Waals surface area (Å²) in [5.74, 6) is 0. The smallest absolute Gasteiger partial charge is 0.414 e. The van der Waals surface area contributed by atoms with E-state index in [9.17, 15) is 9.90 Å². The van der Waals surface area contributed by atoms with Gasteiger partial charge in [0.05, 0.1) is 6.61 Å². The molecule has 0 saturated heterocycles. The van der Waals surface area contributed by atoms with Gasteiger partial charge in [-0.15, -0.1) is 10.2 Å². The fourth-order valence-electron chi connectivity index (χ4n) is 1.01. The Kier molecular flexibility index (Phi) is 4.28. The van der Waals surface area contributed by atoms with Crippen LogP contribution in [0, 0.1) is 0 Å². The Bertz CT molecular complexity index is 423. The molecule has 6 nitrogen and oxygen atoms in total. The van der Waals surface area contributed by atoms with Crippen LogP contribution in [0.15, 0.2) is 0 Å². The molecule has 1 heterocycles. The molecule has 0 saturated carbocycles. The topological polar surface area (TPSA) is 84.3 Å². The second-order valence-electron chi connectivity index (χ2n) is 5.58. The molecule has 1 rings (SSSR count). The highest BCUT2D eigenvalue weighted by molar-refractivity contribution is 7.15. The Labute approximate surface area is 110 Å². The zero-order valence-corrected chi connectivity index (χ0v) is 12.1. The minimum absolute atomic E-state index is 0.0337. The van der Waals surface area contributed by atoms with E-state index in [-0.39, 0.29) is 6.61 Å². The number of nitrogens with one attached hydrogen (secondary N) is 1. The maximum atomic E-state index is 11.5. The molecule has 1 amide bonds. The van der Waals surface area contributed by atoms with Crippen LogP contribution in [-0.2, 0) is 10.2 Å². The number of anilines is 1. The number of carbonyl (C=O) groups is 1. The normalized spacial score (nSPS) is 12.3.